The minimum absolute atomic E-state index is 0.304. The number of pyridine rings is 1. The molecule has 0 bridgehead atoms. The molecule has 0 spiro atoms. The van der Waals surface area contributed by atoms with E-state index in [9.17, 15) is 0 Å². The summed E-state index contributed by atoms with van der Waals surface area (Å²) in [7, 11) is 1.96. The fourth-order valence-corrected chi connectivity index (χ4v) is 3.22. The third-order valence-electron chi connectivity index (χ3n) is 4.46. The van der Waals surface area contributed by atoms with Crippen molar-refractivity contribution < 1.29 is 4.74 Å². The lowest BCUT2D eigenvalue weighted by Gasteiger charge is -2.39. The average molecular weight is 261 g/mol. The first-order chi connectivity index (χ1) is 9.29. The molecule has 3 unspecified atom stereocenters. The Morgan fingerprint density at radius 3 is 3.05 bits per heavy atom. The monoisotopic (exact) mass is 261 g/mol. The van der Waals surface area contributed by atoms with Crippen LogP contribution in [0.15, 0.2) is 18.3 Å². The van der Waals surface area contributed by atoms with Gasteiger partial charge in [0.25, 0.3) is 0 Å². The van der Waals surface area contributed by atoms with Gasteiger partial charge in [-0.25, -0.2) is 0 Å². The summed E-state index contributed by atoms with van der Waals surface area (Å²) >= 11 is 0. The van der Waals surface area contributed by atoms with E-state index in [0.29, 0.717) is 18.2 Å². The minimum atomic E-state index is 0.304. The zero-order valence-corrected chi connectivity index (χ0v) is 11.8. The molecule has 1 saturated heterocycles. The van der Waals surface area contributed by atoms with Crippen LogP contribution in [0.4, 0.5) is 5.69 Å². The second-order valence-corrected chi connectivity index (χ2v) is 5.55. The van der Waals surface area contributed by atoms with E-state index in [1.54, 1.807) is 0 Å². The summed E-state index contributed by atoms with van der Waals surface area (Å²) in [5.74, 6) is 0. The van der Waals surface area contributed by atoms with Crippen LogP contribution in [0.1, 0.15) is 37.9 Å². The number of nitrogens with one attached hydrogen (secondary N) is 1. The molecule has 2 heterocycles. The molecular weight excluding hydrogens is 238 g/mol. The highest BCUT2D eigenvalue weighted by molar-refractivity contribution is 5.47. The van der Waals surface area contributed by atoms with Crippen LogP contribution in [-0.2, 0) is 4.74 Å². The van der Waals surface area contributed by atoms with E-state index >= 15 is 0 Å². The van der Waals surface area contributed by atoms with Crippen LogP contribution in [0.25, 0.3) is 0 Å². The maximum atomic E-state index is 5.86. The van der Waals surface area contributed by atoms with Crippen molar-refractivity contribution in [3.63, 3.8) is 0 Å². The molecule has 0 radical (unpaired) electrons. The molecular formula is C15H23N3O. The molecule has 1 saturated carbocycles. The number of hydrogen-bond donors (Lipinski definition) is 1. The Morgan fingerprint density at radius 2 is 2.32 bits per heavy atom. The van der Waals surface area contributed by atoms with Crippen molar-refractivity contribution in [3.05, 3.63) is 24.0 Å². The first-order valence-electron chi connectivity index (χ1n) is 7.31. The van der Waals surface area contributed by atoms with Crippen LogP contribution < -0.4 is 10.2 Å². The summed E-state index contributed by atoms with van der Waals surface area (Å²) in [6.45, 7) is 3.96. The van der Waals surface area contributed by atoms with Gasteiger partial charge in [-0.2, -0.15) is 0 Å². The highest BCUT2D eigenvalue weighted by Gasteiger charge is 2.36. The molecule has 0 amide bonds. The fourth-order valence-electron chi connectivity index (χ4n) is 3.22. The number of hydrogen-bond acceptors (Lipinski definition) is 4. The summed E-state index contributed by atoms with van der Waals surface area (Å²) in [6, 6.07) is 5.20. The number of morpholine rings is 1. The normalized spacial score (nSPS) is 28.2. The molecule has 1 aromatic rings. The van der Waals surface area contributed by atoms with E-state index in [2.05, 4.69) is 34.3 Å². The highest BCUT2D eigenvalue weighted by atomic mass is 16.5. The molecule has 4 nitrogen and oxygen atoms in total. The second kappa shape index (κ2) is 5.47. The zero-order chi connectivity index (χ0) is 13.2. The standard InChI is InChI=1S/C15H23N3O/c1-11(16-2)13-7-6-12(10-17-13)18-8-9-19-15-5-3-4-14(15)18/h6-7,10-11,14-16H,3-5,8-9H2,1-2H3. The summed E-state index contributed by atoms with van der Waals surface area (Å²) in [4.78, 5) is 7.08. The van der Waals surface area contributed by atoms with Crippen molar-refractivity contribution in [2.75, 3.05) is 25.1 Å². The van der Waals surface area contributed by atoms with Gasteiger partial charge in [-0.1, -0.05) is 0 Å². The number of nitrogens with zero attached hydrogens (tertiary/aromatic N) is 2. The number of rotatable bonds is 3. The topological polar surface area (TPSA) is 37.4 Å². The van der Waals surface area contributed by atoms with Crippen LogP contribution in [0.3, 0.4) is 0 Å². The van der Waals surface area contributed by atoms with Gasteiger partial charge in [-0.15, -0.1) is 0 Å². The lowest BCUT2D eigenvalue weighted by Crippen LogP contribution is -2.48. The number of anilines is 1. The second-order valence-electron chi connectivity index (χ2n) is 5.55. The Hall–Kier alpha value is -1.13. The Kier molecular flexibility index (Phi) is 3.71. The van der Waals surface area contributed by atoms with Gasteiger partial charge in [0.05, 0.1) is 36.3 Å². The van der Waals surface area contributed by atoms with Gasteiger partial charge in [0, 0.05) is 12.6 Å². The van der Waals surface area contributed by atoms with Crippen LogP contribution in [0.5, 0.6) is 0 Å². The van der Waals surface area contributed by atoms with Crippen molar-refractivity contribution in [3.8, 4) is 0 Å². The predicted octanol–water partition coefficient (Wildman–Crippen LogP) is 2.12. The van der Waals surface area contributed by atoms with Gasteiger partial charge < -0.3 is 15.0 Å². The molecule has 1 N–H and O–H groups in total. The van der Waals surface area contributed by atoms with E-state index in [4.69, 9.17) is 4.74 Å². The lowest BCUT2D eigenvalue weighted by atomic mass is 10.1. The van der Waals surface area contributed by atoms with Gasteiger partial charge in [0.1, 0.15) is 0 Å². The third kappa shape index (κ3) is 2.47. The number of aromatic nitrogens is 1. The molecule has 2 aliphatic rings. The van der Waals surface area contributed by atoms with Gasteiger partial charge in [-0.05, 0) is 45.4 Å². The molecule has 1 aromatic heterocycles. The van der Waals surface area contributed by atoms with Crippen LogP contribution >= 0.6 is 0 Å². The first-order valence-corrected chi connectivity index (χ1v) is 7.31. The average Bonchev–Trinajstić information content (AvgIpc) is 2.95. The van der Waals surface area contributed by atoms with Crippen molar-refractivity contribution in [2.45, 2.75) is 44.4 Å². The summed E-state index contributed by atoms with van der Waals surface area (Å²) in [5, 5.41) is 3.22. The van der Waals surface area contributed by atoms with Crippen molar-refractivity contribution in [2.24, 2.45) is 0 Å². The molecule has 3 rings (SSSR count). The van der Waals surface area contributed by atoms with Gasteiger partial charge in [-0.3, -0.25) is 4.98 Å². The Labute approximate surface area is 115 Å². The van der Waals surface area contributed by atoms with Crippen molar-refractivity contribution in [1.29, 1.82) is 0 Å². The summed E-state index contributed by atoms with van der Waals surface area (Å²) in [6.07, 6.45) is 6.20. The summed E-state index contributed by atoms with van der Waals surface area (Å²) in [5.41, 5.74) is 2.34. The van der Waals surface area contributed by atoms with Crippen molar-refractivity contribution >= 4 is 5.69 Å². The number of ether oxygens (including phenoxy) is 1. The van der Waals surface area contributed by atoms with Gasteiger partial charge in [0.2, 0.25) is 0 Å². The maximum absolute atomic E-state index is 5.86. The molecule has 0 aromatic carbocycles. The van der Waals surface area contributed by atoms with E-state index in [0.717, 1.165) is 18.8 Å². The van der Waals surface area contributed by atoms with Gasteiger partial charge in [0.15, 0.2) is 0 Å². The predicted molar refractivity (Wildman–Crippen MR) is 76.4 cm³/mol. The highest BCUT2D eigenvalue weighted by Crippen LogP contribution is 2.32. The van der Waals surface area contributed by atoms with E-state index in [1.807, 2.05) is 13.2 Å². The fraction of sp³-hybridized carbons (Fsp3) is 0.667. The smallest absolute Gasteiger partial charge is 0.0779 e. The maximum Gasteiger partial charge on any atom is 0.0779 e. The number of fused-ring (bicyclic) bond motifs is 1. The van der Waals surface area contributed by atoms with E-state index in [-0.39, 0.29) is 0 Å². The van der Waals surface area contributed by atoms with Crippen molar-refractivity contribution in [1.82, 2.24) is 10.3 Å². The van der Waals surface area contributed by atoms with Crippen LogP contribution in [0.2, 0.25) is 0 Å². The van der Waals surface area contributed by atoms with Gasteiger partial charge >= 0.3 is 0 Å². The van der Waals surface area contributed by atoms with E-state index < -0.39 is 0 Å². The Balaban J connectivity index is 1.77. The Morgan fingerprint density at radius 1 is 1.42 bits per heavy atom. The quantitative estimate of drug-likeness (QED) is 0.904. The summed E-state index contributed by atoms with van der Waals surface area (Å²) < 4.78 is 5.86. The van der Waals surface area contributed by atoms with Crippen LogP contribution in [0, 0.1) is 0 Å². The largest absolute Gasteiger partial charge is 0.374 e. The molecule has 104 valence electrons. The molecule has 4 heteroatoms. The molecule has 19 heavy (non-hydrogen) atoms. The SMILES string of the molecule is CNC(C)c1ccc(N2CCOC3CCCC32)cn1. The molecule has 3 atom stereocenters. The van der Waals surface area contributed by atoms with Crippen LogP contribution in [-0.4, -0.2) is 37.3 Å². The zero-order valence-electron chi connectivity index (χ0n) is 11.8. The minimum Gasteiger partial charge on any atom is -0.374 e. The lowest BCUT2D eigenvalue weighted by molar-refractivity contribution is 0.0256. The molecule has 2 fully saturated rings. The van der Waals surface area contributed by atoms with E-state index in [1.165, 1.54) is 24.9 Å². The first kappa shape index (κ1) is 12.9. The third-order valence-corrected chi connectivity index (χ3v) is 4.46. The molecule has 1 aliphatic heterocycles. The Bertz CT molecular complexity index is 420. The molecule has 1 aliphatic carbocycles.